The third-order valence-electron chi connectivity index (χ3n) is 2.78. The van der Waals surface area contributed by atoms with Gasteiger partial charge in [-0.05, 0) is 34.9 Å². The van der Waals surface area contributed by atoms with Gasteiger partial charge in [0.25, 0.3) is 0 Å². The van der Waals surface area contributed by atoms with Crippen LogP contribution >= 0.6 is 11.3 Å². The maximum Gasteiger partial charge on any atom is 0.0798 e. The van der Waals surface area contributed by atoms with Crippen LogP contribution in [-0.2, 0) is 0 Å². The van der Waals surface area contributed by atoms with Gasteiger partial charge in [-0.25, -0.2) is 4.98 Å². The first-order valence-corrected chi connectivity index (χ1v) is 6.20. The number of nitrogens with zero attached hydrogens (tertiary/aromatic N) is 2. The molecule has 1 aromatic heterocycles. The third-order valence-corrected chi connectivity index (χ3v) is 3.89. The minimum Gasteiger partial charge on any atom is -0.308 e. The molecule has 0 aliphatic heterocycles. The number of likely N-dealkylation sites (N-methyl/N-ethyl adjacent to an activating group) is 1. The molecule has 0 saturated heterocycles. The highest BCUT2D eigenvalue weighted by atomic mass is 32.1. The number of aryl methyl sites for hydroxylation is 1. The van der Waals surface area contributed by atoms with Crippen molar-refractivity contribution in [3.8, 4) is 0 Å². The monoisotopic (exact) mass is 227 g/mol. The van der Waals surface area contributed by atoms with Gasteiger partial charge >= 0.3 is 0 Å². The summed E-state index contributed by atoms with van der Waals surface area (Å²) < 4.78 is 0. The normalized spacial score (nSPS) is 15.6. The van der Waals surface area contributed by atoms with E-state index in [0.717, 1.165) is 12.2 Å². The highest BCUT2D eigenvalue weighted by Crippen LogP contribution is 2.20. The van der Waals surface area contributed by atoms with Crippen LogP contribution in [0.25, 0.3) is 0 Å². The zero-order valence-corrected chi connectivity index (χ0v) is 11.1. The fraction of sp³-hybridized carbons (Fsp3) is 0.727. The molecule has 0 amide bonds. The van der Waals surface area contributed by atoms with Crippen LogP contribution in [0, 0.1) is 6.92 Å². The zero-order chi connectivity index (χ0) is 11.4. The van der Waals surface area contributed by atoms with E-state index in [9.17, 15) is 0 Å². The van der Waals surface area contributed by atoms with Crippen molar-refractivity contribution < 1.29 is 0 Å². The van der Waals surface area contributed by atoms with Gasteiger partial charge in [0, 0.05) is 23.5 Å². The third kappa shape index (κ3) is 3.55. The van der Waals surface area contributed by atoms with Crippen molar-refractivity contribution in [1.82, 2.24) is 15.2 Å². The number of rotatable bonds is 5. The molecule has 0 saturated carbocycles. The zero-order valence-electron chi connectivity index (χ0n) is 10.2. The fourth-order valence-corrected chi connectivity index (χ4v) is 2.18. The lowest BCUT2D eigenvalue weighted by Gasteiger charge is -2.22. The Labute approximate surface area is 96.5 Å². The maximum atomic E-state index is 4.27. The minimum atomic E-state index is 0.403. The van der Waals surface area contributed by atoms with Crippen molar-refractivity contribution in [1.29, 1.82) is 0 Å². The predicted octanol–water partition coefficient (Wildman–Crippen LogP) is 2.05. The Morgan fingerprint density at radius 1 is 1.47 bits per heavy atom. The van der Waals surface area contributed by atoms with Gasteiger partial charge in [0.15, 0.2) is 0 Å². The minimum absolute atomic E-state index is 0.403. The predicted molar refractivity (Wildman–Crippen MR) is 66.4 cm³/mol. The van der Waals surface area contributed by atoms with Crippen molar-refractivity contribution in [3.05, 3.63) is 16.1 Å². The van der Waals surface area contributed by atoms with Gasteiger partial charge in [0.05, 0.1) is 11.2 Å². The molecule has 0 bridgehead atoms. The topological polar surface area (TPSA) is 28.2 Å². The number of aromatic nitrogens is 1. The summed E-state index contributed by atoms with van der Waals surface area (Å²) >= 11 is 1.73. The Bertz CT molecular complexity index is 296. The summed E-state index contributed by atoms with van der Waals surface area (Å²) in [5.41, 5.74) is 3.07. The number of nitrogens with one attached hydrogen (secondary N) is 1. The van der Waals surface area contributed by atoms with E-state index in [1.807, 2.05) is 5.51 Å². The molecule has 2 unspecified atom stereocenters. The molecule has 1 rings (SSSR count). The molecular weight excluding hydrogens is 206 g/mol. The molecule has 15 heavy (non-hydrogen) atoms. The van der Waals surface area contributed by atoms with Crippen LogP contribution in [0.4, 0.5) is 0 Å². The summed E-state index contributed by atoms with van der Waals surface area (Å²) in [6, 6.07) is 0.959. The highest BCUT2D eigenvalue weighted by Gasteiger charge is 2.12. The Hall–Kier alpha value is -0.450. The molecule has 0 aliphatic rings. The molecule has 3 nitrogen and oxygen atoms in total. The molecule has 1 N–H and O–H groups in total. The molecular formula is C11H21N3S. The summed E-state index contributed by atoms with van der Waals surface area (Å²) in [5, 5.41) is 3.54. The second-order valence-electron chi connectivity index (χ2n) is 4.24. The van der Waals surface area contributed by atoms with E-state index in [4.69, 9.17) is 0 Å². The lowest BCUT2D eigenvalue weighted by molar-refractivity contribution is 0.296. The molecule has 0 aliphatic carbocycles. The summed E-state index contributed by atoms with van der Waals surface area (Å²) in [4.78, 5) is 7.84. The van der Waals surface area contributed by atoms with E-state index >= 15 is 0 Å². The summed E-state index contributed by atoms with van der Waals surface area (Å²) in [7, 11) is 4.21. The van der Waals surface area contributed by atoms with Gasteiger partial charge in [-0.1, -0.05) is 0 Å². The van der Waals surface area contributed by atoms with E-state index in [2.05, 4.69) is 50.1 Å². The van der Waals surface area contributed by atoms with Crippen LogP contribution in [-0.4, -0.2) is 36.6 Å². The lowest BCUT2D eigenvalue weighted by atomic mass is 10.2. The molecule has 0 radical (unpaired) electrons. The Morgan fingerprint density at radius 3 is 2.60 bits per heavy atom. The van der Waals surface area contributed by atoms with Crippen LogP contribution in [0.5, 0.6) is 0 Å². The molecule has 1 heterocycles. The Morgan fingerprint density at radius 2 is 2.13 bits per heavy atom. The summed E-state index contributed by atoms with van der Waals surface area (Å²) in [6.45, 7) is 7.49. The van der Waals surface area contributed by atoms with E-state index in [0.29, 0.717) is 12.1 Å². The highest BCUT2D eigenvalue weighted by molar-refractivity contribution is 7.09. The molecule has 2 atom stereocenters. The lowest BCUT2D eigenvalue weighted by Crippen LogP contribution is -2.36. The van der Waals surface area contributed by atoms with E-state index in [1.165, 1.54) is 4.88 Å². The maximum absolute atomic E-state index is 4.27. The summed E-state index contributed by atoms with van der Waals surface area (Å²) in [6.07, 6.45) is 0. The first kappa shape index (κ1) is 12.6. The van der Waals surface area contributed by atoms with E-state index in [1.54, 1.807) is 11.3 Å². The van der Waals surface area contributed by atoms with Gasteiger partial charge in [0.2, 0.25) is 0 Å². The first-order valence-electron chi connectivity index (χ1n) is 5.32. The van der Waals surface area contributed by atoms with Crippen LogP contribution in [0.2, 0.25) is 0 Å². The standard InChI is InChI=1S/C11H21N3S/c1-8(14(4)5)6-12-9(2)11-10(3)13-7-15-11/h7-9,12H,6H2,1-5H3. The number of thiazole rings is 1. The number of hydrogen-bond acceptors (Lipinski definition) is 4. The molecule has 0 fully saturated rings. The molecule has 1 aromatic rings. The van der Waals surface area contributed by atoms with Crippen molar-refractivity contribution in [2.45, 2.75) is 32.9 Å². The van der Waals surface area contributed by atoms with Crippen LogP contribution < -0.4 is 5.32 Å². The average Bonchev–Trinajstić information content (AvgIpc) is 2.60. The molecule has 0 aromatic carbocycles. The Balaban J connectivity index is 2.43. The molecule has 4 heteroatoms. The second kappa shape index (κ2) is 5.58. The molecule has 0 spiro atoms. The average molecular weight is 227 g/mol. The van der Waals surface area contributed by atoms with Gasteiger partial charge < -0.3 is 10.2 Å². The van der Waals surface area contributed by atoms with Gasteiger partial charge in [-0.15, -0.1) is 11.3 Å². The van der Waals surface area contributed by atoms with Gasteiger partial charge in [-0.3, -0.25) is 0 Å². The largest absolute Gasteiger partial charge is 0.308 e. The van der Waals surface area contributed by atoms with Gasteiger partial charge in [-0.2, -0.15) is 0 Å². The second-order valence-corrected chi connectivity index (χ2v) is 5.13. The number of hydrogen-bond donors (Lipinski definition) is 1. The van der Waals surface area contributed by atoms with Crippen LogP contribution in [0.3, 0.4) is 0 Å². The van der Waals surface area contributed by atoms with E-state index < -0.39 is 0 Å². The van der Waals surface area contributed by atoms with Crippen LogP contribution in [0.15, 0.2) is 5.51 Å². The van der Waals surface area contributed by atoms with Gasteiger partial charge in [0.1, 0.15) is 0 Å². The molecule has 86 valence electrons. The quantitative estimate of drug-likeness (QED) is 0.834. The van der Waals surface area contributed by atoms with Crippen LogP contribution in [0.1, 0.15) is 30.5 Å². The first-order chi connectivity index (χ1) is 7.02. The van der Waals surface area contributed by atoms with E-state index in [-0.39, 0.29) is 0 Å². The van der Waals surface area contributed by atoms with Crippen molar-refractivity contribution in [2.75, 3.05) is 20.6 Å². The fourth-order valence-electron chi connectivity index (χ4n) is 1.35. The van der Waals surface area contributed by atoms with Crippen molar-refractivity contribution in [3.63, 3.8) is 0 Å². The van der Waals surface area contributed by atoms with Crippen molar-refractivity contribution in [2.24, 2.45) is 0 Å². The smallest absolute Gasteiger partial charge is 0.0798 e. The Kier molecular flexibility index (Phi) is 4.70. The SMILES string of the molecule is Cc1ncsc1C(C)NCC(C)N(C)C. The summed E-state index contributed by atoms with van der Waals surface area (Å²) in [5.74, 6) is 0. The van der Waals surface area contributed by atoms with Crippen molar-refractivity contribution >= 4 is 11.3 Å².